The summed E-state index contributed by atoms with van der Waals surface area (Å²) in [4.78, 5) is 32.2. The summed E-state index contributed by atoms with van der Waals surface area (Å²) < 4.78 is 11.1. The van der Waals surface area contributed by atoms with E-state index in [1.165, 1.54) is 11.8 Å². The second-order valence-electron chi connectivity index (χ2n) is 8.15. The number of rotatable bonds is 7. The van der Waals surface area contributed by atoms with Crippen LogP contribution in [0.4, 0.5) is 5.69 Å². The summed E-state index contributed by atoms with van der Waals surface area (Å²) >= 11 is 1.34. The highest BCUT2D eigenvalue weighted by Gasteiger charge is 2.34. The first-order valence-corrected chi connectivity index (χ1v) is 12.0. The maximum atomic E-state index is 13.2. The third kappa shape index (κ3) is 5.48. The van der Waals surface area contributed by atoms with E-state index < -0.39 is 0 Å². The Morgan fingerprint density at radius 3 is 2.65 bits per heavy atom. The average molecular weight is 475 g/mol. The zero-order chi connectivity index (χ0) is 24.1. The van der Waals surface area contributed by atoms with E-state index in [1.54, 1.807) is 36.1 Å². The normalized spacial score (nSPS) is 16.1. The number of carbonyl (C=O) groups excluding carboxylic acids is 2. The van der Waals surface area contributed by atoms with E-state index in [9.17, 15) is 9.59 Å². The van der Waals surface area contributed by atoms with Crippen molar-refractivity contribution < 1.29 is 18.7 Å². The van der Waals surface area contributed by atoms with Crippen LogP contribution in [0.1, 0.15) is 36.9 Å². The van der Waals surface area contributed by atoms with Gasteiger partial charge in [-0.2, -0.15) is 0 Å². The number of thioether (sulfide) groups is 1. The van der Waals surface area contributed by atoms with Crippen LogP contribution in [-0.2, 0) is 9.53 Å². The van der Waals surface area contributed by atoms with Gasteiger partial charge in [0.05, 0.1) is 22.8 Å². The minimum atomic E-state index is -0.373. The van der Waals surface area contributed by atoms with E-state index in [4.69, 9.17) is 14.1 Å². The number of nitrogens with zero attached hydrogens (tertiary/aromatic N) is 2. The largest absolute Gasteiger partial charge is 0.462 e. The van der Waals surface area contributed by atoms with Gasteiger partial charge >= 0.3 is 5.97 Å². The van der Waals surface area contributed by atoms with Crippen LogP contribution in [0.25, 0.3) is 17.4 Å². The highest BCUT2D eigenvalue weighted by molar-refractivity contribution is 8.18. The standard InChI is InChI=1S/C27H26N2O4S/c1-4-32-26(31)20-10-8-9-19(15-20)23-14-13-22(33-23)16-24-25(30)29(17-18(2)3)27(34-24)28-21-11-6-5-7-12-21/h5-16,18H,4,17H2,1-3H3/b24-16+,28-27?. The lowest BCUT2D eigenvalue weighted by Crippen LogP contribution is -2.32. The monoisotopic (exact) mass is 474 g/mol. The molecular weight excluding hydrogens is 448 g/mol. The summed E-state index contributed by atoms with van der Waals surface area (Å²) in [6.07, 6.45) is 1.74. The van der Waals surface area contributed by atoms with Gasteiger partial charge in [0, 0.05) is 18.2 Å². The van der Waals surface area contributed by atoms with Gasteiger partial charge in [0.25, 0.3) is 5.91 Å². The van der Waals surface area contributed by atoms with E-state index in [-0.39, 0.29) is 11.9 Å². The highest BCUT2D eigenvalue weighted by atomic mass is 32.2. The summed E-state index contributed by atoms with van der Waals surface area (Å²) in [5.41, 5.74) is 2.02. The maximum absolute atomic E-state index is 13.2. The molecule has 0 aliphatic carbocycles. The Bertz CT molecular complexity index is 1240. The van der Waals surface area contributed by atoms with E-state index >= 15 is 0 Å². The molecule has 0 unspecified atom stereocenters. The van der Waals surface area contributed by atoms with E-state index in [1.807, 2.05) is 48.5 Å². The Morgan fingerprint density at radius 2 is 1.91 bits per heavy atom. The second kappa shape index (κ2) is 10.6. The predicted molar refractivity (Wildman–Crippen MR) is 136 cm³/mol. The van der Waals surface area contributed by atoms with Crippen molar-refractivity contribution in [2.24, 2.45) is 10.9 Å². The highest BCUT2D eigenvalue weighted by Crippen LogP contribution is 2.35. The van der Waals surface area contributed by atoms with Gasteiger partial charge in [-0.05, 0) is 61.0 Å². The van der Waals surface area contributed by atoms with Crippen LogP contribution in [0.5, 0.6) is 0 Å². The molecule has 34 heavy (non-hydrogen) atoms. The fourth-order valence-electron chi connectivity index (χ4n) is 3.46. The molecule has 0 N–H and O–H groups in total. The van der Waals surface area contributed by atoms with Crippen molar-refractivity contribution in [3.8, 4) is 11.3 Å². The zero-order valence-corrected chi connectivity index (χ0v) is 20.2. The van der Waals surface area contributed by atoms with Crippen molar-refractivity contribution >= 4 is 40.6 Å². The number of hydrogen-bond donors (Lipinski definition) is 0. The summed E-state index contributed by atoms with van der Waals surface area (Å²) in [5.74, 6) is 0.993. The molecule has 1 fully saturated rings. The quantitative estimate of drug-likeness (QED) is 0.293. The van der Waals surface area contributed by atoms with Crippen LogP contribution >= 0.6 is 11.8 Å². The first-order chi connectivity index (χ1) is 16.4. The van der Waals surface area contributed by atoms with Gasteiger partial charge < -0.3 is 9.15 Å². The number of benzene rings is 2. The van der Waals surface area contributed by atoms with Gasteiger partial charge in [-0.3, -0.25) is 9.69 Å². The smallest absolute Gasteiger partial charge is 0.338 e. The topological polar surface area (TPSA) is 72.1 Å². The maximum Gasteiger partial charge on any atom is 0.338 e. The molecule has 1 aliphatic heterocycles. The van der Waals surface area contributed by atoms with Gasteiger partial charge in [0.15, 0.2) is 5.17 Å². The summed E-state index contributed by atoms with van der Waals surface area (Å²) in [6.45, 7) is 6.82. The van der Waals surface area contributed by atoms with Gasteiger partial charge in [0.1, 0.15) is 11.5 Å². The van der Waals surface area contributed by atoms with E-state index in [0.29, 0.717) is 46.2 Å². The lowest BCUT2D eigenvalue weighted by Gasteiger charge is -2.17. The number of amidine groups is 1. The van der Waals surface area contributed by atoms with Crippen molar-refractivity contribution in [1.29, 1.82) is 0 Å². The molecule has 0 spiro atoms. The Hall–Kier alpha value is -3.58. The number of carbonyl (C=O) groups is 2. The predicted octanol–water partition coefficient (Wildman–Crippen LogP) is 6.38. The van der Waals surface area contributed by atoms with E-state index in [2.05, 4.69) is 13.8 Å². The van der Waals surface area contributed by atoms with Crippen LogP contribution in [0, 0.1) is 5.92 Å². The van der Waals surface area contributed by atoms with Crippen molar-refractivity contribution in [2.45, 2.75) is 20.8 Å². The molecule has 1 aliphatic rings. The number of para-hydroxylation sites is 1. The number of ether oxygens (including phenoxy) is 1. The summed E-state index contributed by atoms with van der Waals surface area (Å²) in [5, 5.41) is 0.657. The third-order valence-electron chi connectivity index (χ3n) is 4.98. The molecule has 0 radical (unpaired) electrons. The van der Waals surface area contributed by atoms with Crippen LogP contribution in [0.15, 0.2) is 81.0 Å². The zero-order valence-electron chi connectivity index (χ0n) is 19.4. The van der Waals surface area contributed by atoms with E-state index in [0.717, 1.165) is 11.3 Å². The SMILES string of the molecule is CCOC(=O)c1cccc(-c2ccc(/C=C3/SC(=Nc4ccccc4)N(CC(C)C)C3=O)o2)c1. The Kier molecular flexibility index (Phi) is 7.33. The first-order valence-electron chi connectivity index (χ1n) is 11.2. The molecule has 6 nitrogen and oxygen atoms in total. The molecule has 1 saturated heterocycles. The molecule has 7 heteroatoms. The fraction of sp³-hybridized carbons (Fsp3) is 0.222. The Balaban J connectivity index is 1.60. The number of amides is 1. The van der Waals surface area contributed by atoms with Crippen LogP contribution < -0.4 is 0 Å². The molecule has 174 valence electrons. The molecule has 4 rings (SSSR count). The van der Waals surface area contributed by atoms with Crippen LogP contribution in [0.2, 0.25) is 0 Å². The Morgan fingerprint density at radius 1 is 1.12 bits per heavy atom. The Labute approximate surface area is 203 Å². The molecular formula is C27H26N2O4S. The van der Waals surface area contributed by atoms with Gasteiger partial charge in [-0.1, -0.05) is 44.2 Å². The fourth-order valence-corrected chi connectivity index (χ4v) is 4.45. The molecule has 2 aromatic carbocycles. The van der Waals surface area contributed by atoms with Gasteiger partial charge in [-0.15, -0.1) is 0 Å². The molecule has 0 atom stereocenters. The minimum Gasteiger partial charge on any atom is -0.462 e. The molecule has 2 heterocycles. The third-order valence-corrected chi connectivity index (χ3v) is 5.98. The van der Waals surface area contributed by atoms with Crippen molar-refractivity contribution in [2.75, 3.05) is 13.2 Å². The summed E-state index contributed by atoms with van der Waals surface area (Å²) in [7, 11) is 0. The second-order valence-corrected chi connectivity index (χ2v) is 9.16. The number of esters is 1. The molecule has 0 saturated carbocycles. The van der Waals surface area contributed by atoms with Gasteiger partial charge in [-0.25, -0.2) is 9.79 Å². The van der Waals surface area contributed by atoms with Crippen molar-refractivity contribution in [1.82, 2.24) is 4.90 Å². The lowest BCUT2D eigenvalue weighted by atomic mass is 10.1. The summed E-state index contributed by atoms with van der Waals surface area (Å²) in [6, 6.07) is 20.3. The molecule has 1 amide bonds. The number of aliphatic imine (C=N–C) groups is 1. The average Bonchev–Trinajstić information content (AvgIpc) is 3.40. The minimum absolute atomic E-state index is 0.0874. The van der Waals surface area contributed by atoms with Crippen molar-refractivity contribution in [3.63, 3.8) is 0 Å². The van der Waals surface area contributed by atoms with Gasteiger partial charge in [0.2, 0.25) is 0 Å². The lowest BCUT2D eigenvalue weighted by molar-refractivity contribution is -0.122. The van der Waals surface area contributed by atoms with Crippen LogP contribution in [-0.4, -0.2) is 35.1 Å². The number of furan rings is 1. The molecule has 3 aromatic rings. The first kappa shape index (κ1) is 23.6. The van der Waals surface area contributed by atoms with Crippen molar-refractivity contribution in [3.05, 3.63) is 83.0 Å². The number of hydrogen-bond acceptors (Lipinski definition) is 6. The molecule has 1 aromatic heterocycles. The van der Waals surface area contributed by atoms with Crippen LogP contribution in [0.3, 0.4) is 0 Å². The molecule has 0 bridgehead atoms.